The SMILES string of the molecule is COC(=O)CC#Cc1cncc(Br)c1. The number of methoxy groups -OCH3 is 1. The summed E-state index contributed by atoms with van der Waals surface area (Å²) in [7, 11) is 1.34. The maximum Gasteiger partial charge on any atom is 0.317 e. The molecule has 0 unspecified atom stereocenters. The molecule has 0 aliphatic rings. The lowest BCUT2D eigenvalue weighted by Gasteiger charge is -1.91. The Labute approximate surface area is 90.6 Å². The molecular weight excluding hydrogens is 246 g/mol. The largest absolute Gasteiger partial charge is 0.468 e. The van der Waals surface area contributed by atoms with E-state index in [2.05, 4.69) is 37.5 Å². The second-order valence-corrected chi connectivity index (χ2v) is 3.36. The van der Waals surface area contributed by atoms with E-state index in [9.17, 15) is 4.79 Å². The van der Waals surface area contributed by atoms with E-state index in [1.165, 1.54) is 7.11 Å². The highest BCUT2D eigenvalue weighted by molar-refractivity contribution is 9.10. The number of ether oxygens (including phenoxy) is 1. The first-order chi connectivity index (χ1) is 6.72. The van der Waals surface area contributed by atoms with Crippen LogP contribution in [0.15, 0.2) is 22.9 Å². The number of carbonyl (C=O) groups excluding carboxylic acids is 1. The fourth-order valence-electron chi connectivity index (χ4n) is 0.771. The third-order valence-corrected chi connectivity index (χ3v) is 1.83. The van der Waals surface area contributed by atoms with Crippen molar-refractivity contribution in [1.82, 2.24) is 4.98 Å². The Hall–Kier alpha value is -1.34. The van der Waals surface area contributed by atoms with Gasteiger partial charge in [-0.25, -0.2) is 0 Å². The summed E-state index contributed by atoms with van der Waals surface area (Å²) in [6, 6.07) is 1.83. The summed E-state index contributed by atoms with van der Waals surface area (Å²) in [5, 5.41) is 0. The van der Waals surface area contributed by atoms with Crippen LogP contribution in [0.3, 0.4) is 0 Å². The number of rotatable bonds is 1. The van der Waals surface area contributed by atoms with Crippen molar-refractivity contribution < 1.29 is 9.53 Å². The Bertz CT molecular complexity index is 393. The van der Waals surface area contributed by atoms with Crippen molar-refractivity contribution in [3.05, 3.63) is 28.5 Å². The van der Waals surface area contributed by atoms with Gasteiger partial charge in [0, 0.05) is 22.4 Å². The quantitative estimate of drug-likeness (QED) is 0.566. The molecule has 0 saturated carbocycles. The van der Waals surface area contributed by atoms with E-state index in [1.807, 2.05) is 6.07 Å². The molecule has 0 saturated heterocycles. The van der Waals surface area contributed by atoms with Crippen LogP contribution in [0.2, 0.25) is 0 Å². The average Bonchev–Trinajstić information content (AvgIpc) is 2.17. The van der Waals surface area contributed by atoms with Crippen molar-refractivity contribution in [2.45, 2.75) is 6.42 Å². The summed E-state index contributed by atoms with van der Waals surface area (Å²) in [6.07, 6.45) is 3.41. The van der Waals surface area contributed by atoms with Crippen molar-refractivity contribution >= 4 is 21.9 Å². The molecular formula is C10H8BrNO2. The Morgan fingerprint density at radius 1 is 1.64 bits per heavy atom. The molecule has 0 atom stereocenters. The minimum Gasteiger partial charge on any atom is -0.468 e. The molecule has 0 spiro atoms. The van der Waals surface area contributed by atoms with E-state index in [1.54, 1.807) is 12.4 Å². The van der Waals surface area contributed by atoms with Crippen LogP contribution in [0, 0.1) is 11.8 Å². The molecule has 0 amide bonds. The van der Waals surface area contributed by atoms with Crippen LogP contribution < -0.4 is 0 Å². The van der Waals surface area contributed by atoms with Gasteiger partial charge in [-0.1, -0.05) is 11.8 Å². The number of esters is 1. The Morgan fingerprint density at radius 2 is 2.43 bits per heavy atom. The van der Waals surface area contributed by atoms with Crippen molar-refractivity contribution in [3.63, 3.8) is 0 Å². The molecule has 1 rings (SSSR count). The normalized spacial score (nSPS) is 8.71. The molecule has 0 fully saturated rings. The Kier molecular flexibility index (Phi) is 4.14. The number of aromatic nitrogens is 1. The molecule has 1 heterocycles. The number of carbonyl (C=O) groups is 1. The van der Waals surface area contributed by atoms with Gasteiger partial charge in [-0.05, 0) is 22.0 Å². The second-order valence-electron chi connectivity index (χ2n) is 2.45. The van der Waals surface area contributed by atoms with Gasteiger partial charge >= 0.3 is 5.97 Å². The highest BCUT2D eigenvalue weighted by Gasteiger charge is 1.94. The second kappa shape index (κ2) is 5.40. The first-order valence-corrected chi connectivity index (χ1v) is 4.68. The van der Waals surface area contributed by atoms with Gasteiger partial charge in [0.15, 0.2) is 0 Å². The third-order valence-electron chi connectivity index (χ3n) is 1.40. The van der Waals surface area contributed by atoms with Gasteiger partial charge in [0.05, 0.1) is 7.11 Å². The predicted octanol–water partition coefficient (Wildman–Crippen LogP) is 1.76. The van der Waals surface area contributed by atoms with Gasteiger partial charge < -0.3 is 4.74 Å². The van der Waals surface area contributed by atoms with E-state index < -0.39 is 0 Å². The molecule has 0 aromatic carbocycles. The zero-order valence-electron chi connectivity index (χ0n) is 7.58. The smallest absolute Gasteiger partial charge is 0.317 e. The molecule has 72 valence electrons. The van der Waals surface area contributed by atoms with Crippen LogP contribution in [0.5, 0.6) is 0 Å². The summed E-state index contributed by atoms with van der Waals surface area (Å²) in [6.45, 7) is 0. The number of halogens is 1. The molecule has 4 heteroatoms. The molecule has 0 aliphatic carbocycles. The first-order valence-electron chi connectivity index (χ1n) is 3.88. The van der Waals surface area contributed by atoms with Crippen molar-refractivity contribution in [2.24, 2.45) is 0 Å². The number of hydrogen-bond acceptors (Lipinski definition) is 3. The number of nitrogens with zero attached hydrogens (tertiary/aromatic N) is 1. The lowest BCUT2D eigenvalue weighted by molar-refractivity contribution is -0.139. The number of hydrogen-bond donors (Lipinski definition) is 0. The minimum atomic E-state index is -0.333. The molecule has 0 N–H and O–H groups in total. The van der Waals surface area contributed by atoms with E-state index in [-0.39, 0.29) is 12.4 Å². The zero-order chi connectivity index (χ0) is 10.4. The maximum absolute atomic E-state index is 10.7. The Morgan fingerprint density at radius 3 is 3.07 bits per heavy atom. The van der Waals surface area contributed by atoms with Crippen LogP contribution in [-0.2, 0) is 9.53 Å². The van der Waals surface area contributed by atoms with Gasteiger partial charge in [-0.2, -0.15) is 0 Å². The summed E-state index contributed by atoms with van der Waals surface area (Å²) < 4.78 is 5.31. The van der Waals surface area contributed by atoms with Gasteiger partial charge in [0.1, 0.15) is 6.42 Å². The van der Waals surface area contributed by atoms with Gasteiger partial charge in [0.25, 0.3) is 0 Å². The first kappa shape index (κ1) is 10.7. The zero-order valence-corrected chi connectivity index (χ0v) is 9.17. The van der Waals surface area contributed by atoms with Crippen LogP contribution in [-0.4, -0.2) is 18.1 Å². The van der Waals surface area contributed by atoms with Crippen LogP contribution in [0.1, 0.15) is 12.0 Å². The lowest BCUT2D eigenvalue weighted by Crippen LogP contribution is -1.97. The highest BCUT2D eigenvalue weighted by Crippen LogP contribution is 2.08. The topological polar surface area (TPSA) is 39.2 Å². The van der Waals surface area contributed by atoms with E-state index in [0.29, 0.717) is 0 Å². The fraction of sp³-hybridized carbons (Fsp3) is 0.200. The molecule has 0 radical (unpaired) electrons. The molecule has 1 aromatic heterocycles. The summed E-state index contributed by atoms with van der Waals surface area (Å²) in [5.41, 5.74) is 0.767. The summed E-state index contributed by atoms with van der Waals surface area (Å²) in [4.78, 5) is 14.7. The van der Waals surface area contributed by atoms with E-state index >= 15 is 0 Å². The molecule has 0 aliphatic heterocycles. The van der Waals surface area contributed by atoms with E-state index in [4.69, 9.17) is 0 Å². The van der Waals surface area contributed by atoms with Crippen LogP contribution >= 0.6 is 15.9 Å². The van der Waals surface area contributed by atoms with Gasteiger partial charge in [0.2, 0.25) is 0 Å². The molecule has 0 bridgehead atoms. The van der Waals surface area contributed by atoms with Crippen molar-refractivity contribution in [1.29, 1.82) is 0 Å². The highest BCUT2D eigenvalue weighted by atomic mass is 79.9. The van der Waals surface area contributed by atoms with Gasteiger partial charge in [-0.3, -0.25) is 9.78 Å². The fourth-order valence-corrected chi connectivity index (χ4v) is 1.14. The monoisotopic (exact) mass is 253 g/mol. The third kappa shape index (κ3) is 3.58. The van der Waals surface area contributed by atoms with E-state index in [0.717, 1.165) is 10.0 Å². The van der Waals surface area contributed by atoms with Gasteiger partial charge in [-0.15, -0.1) is 0 Å². The average molecular weight is 254 g/mol. The maximum atomic E-state index is 10.7. The van der Waals surface area contributed by atoms with Crippen molar-refractivity contribution in [3.8, 4) is 11.8 Å². The van der Waals surface area contributed by atoms with Crippen LogP contribution in [0.4, 0.5) is 0 Å². The Balaban J connectivity index is 2.64. The molecule has 3 nitrogen and oxygen atoms in total. The predicted molar refractivity (Wildman–Crippen MR) is 55.4 cm³/mol. The minimum absolute atomic E-state index is 0.100. The standard InChI is InChI=1S/C10H8BrNO2/c1-14-10(13)4-2-3-8-5-9(11)7-12-6-8/h5-7H,4H2,1H3. The van der Waals surface area contributed by atoms with Crippen LogP contribution in [0.25, 0.3) is 0 Å². The number of pyridine rings is 1. The lowest BCUT2D eigenvalue weighted by atomic mass is 10.3. The molecule has 14 heavy (non-hydrogen) atoms. The summed E-state index contributed by atoms with van der Waals surface area (Å²) >= 11 is 3.27. The van der Waals surface area contributed by atoms with Crippen molar-refractivity contribution in [2.75, 3.05) is 7.11 Å². The summed E-state index contributed by atoms with van der Waals surface area (Å²) in [5.74, 6) is 5.17. The molecule has 1 aromatic rings.